The molecule has 0 heterocycles. The molecule has 27 heavy (non-hydrogen) atoms. The maximum absolute atomic E-state index is 5.93. The number of nitrogen functional groups attached to an aromatic ring is 1. The number of rotatable bonds is 7. The fourth-order valence-corrected chi connectivity index (χ4v) is 3.14. The average Bonchev–Trinajstić information content (AvgIpc) is 2.66. The quantitative estimate of drug-likeness (QED) is 0.510. The zero-order valence-electron chi connectivity index (χ0n) is 18.6. The Balaban J connectivity index is 0.000000271. The molecule has 2 aromatic carbocycles. The van der Waals surface area contributed by atoms with E-state index in [0.29, 0.717) is 6.04 Å². The van der Waals surface area contributed by atoms with Gasteiger partial charge in [0.25, 0.3) is 0 Å². The van der Waals surface area contributed by atoms with Crippen molar-refractivity contribution < 1.29 is 0 Å². The van der Waals surface area contributed by atoms with Gasteiger partial charge in [0.1, 0.15) is 0 Å². The highest BCUT2D eigenvalue weighted by Crippen LogP contribution is 2.22. The first-order chi connectivity index (χ1) is 12.8. The van der Waals surface area contributed by atoms with Crippen LogP contribution in [0.1, 0.15) is 74.3 Å². The molecule has 150 valence electrons. The van der Waals surface area contributed by atoms with Crippen LogP contribution in [-0.2, 0) is 6.42 Å². The molecule has 0 saturated heterocycles. The lowest BCUT2D eigenvalue weighted by molar-refractivity contribution is 0.671. The van der Waals surface area contributed by atoms with Gasteiger partial charge in [0.2, 0.25) is 0 Å². The number of hydrogen-bond donors (Lipinski definition) is 2. The molecule has 0 unspecified atom stereocenters. The highest BCUT2D eigenvalue weighted by molar-refractivity contribution is 5.53. The summed E-state index contributed by atoms with van der Waals surface area (Å²) in [6.07, 6.45) is 5.95. The Morgan fingerprint density at radius 1 is 0.852 bits per heavy atom. The first-order valence-corrected chi connectivity index (χ1v) is 10.5. The molecule has 0 saturated carbocycles. The molecule has 2 aromatic rings. The van der Waals surface area contributed by atoms with E-state index in [9.17, 15) is 0 Å². The Morgan fingerprint density at radius 2 is 1.48 bits per heavy atom. The Bertz CT molecular complexity index is 700. The van der Waals surface area contributed by atoms with Crippen LogP contribution >= 0.6 is 0 Å². The van der Waals surface area contributed by atoms with E-state index in [1.807, 2.05) is 6.07 Å². The Labute approximate surface area is 167 Å². The SMILES string of the molecule is CCC(CC)Nc1ccc(C)c(C)c1.CCCCc1c(N)ccc(C)c1C. The van der Waals surface area contributed by atoms with E-state index in [4.69, 9.17) is 5.73 Å². The fourth-order valence-electron chi connectivity index (χ4n) is 3.14. The second kappa shape index (κ2) is 11.7. The van der Waals surface area contributed by atoms with Crippen LogP contribution in [0.3, 0.4) is 0 Å². The third-order valence-electron chi connectivity index (χ3n) is 5.55. The van der Waals surface area contributed by atoms with Gasteiger partial charge in [-0.15, -0.1) is 0 Å². The second-order valence-corrected chi connectivity index (χ2v) is 7.64. The summed E-state index contributed by atoms with van der Waals surface area (Å²) in [5.41, 5.74) is 14.9. The standard InChI is InChI=1S/C13H21N.C12H19N/c1-5-12(6-2)14-13-8-7-10(3)11(4)9-13;1-4-5-6-11-10(3)9(2)7-8-12(11)13/h7-9,12,14H,5-6H2,1-4H3;7-8H,4-6,13H2,1-3H3. The van der Waals surface area contributed by atoms with Crippen LogP contribution in [0.4, 0.5) is 11.4 Å². The van der Waals surface area contributed by atoms with Gasteiger partial charge in [-0.2, -0.15) is 0 Å². The summed E-state index contributed by atoms with van der Waals surface area (Å²) in [6.45, 7) is 15.3. The number of anilines is 2. The van der Waals surface area contributed by atoms with Crippen molar-refractivity contribution in [3.8, 4) is 0 Å². The van der Waals surface area contributed by atoms with Crippen molar-refractivity contribution >= 4 is 11.4 Å². The van der Waals surface area contributed by atoms with Crippen LogP contribution in [0.5, 0.6) is 0 Å². The summed E-state index contributed by atoms with van der Waals surface area (Å²) in [5, 5.41) is 3.55. The molecule has 2 nitrogen and oxygen atoms in total. The number of aryl methyl sites for hydroxylation is 3. The zero-order valence-corrected chi connectivity index (χ0v) is 18.6. The molecule has 0 amide bonds. The van der Waals surface area contributed by atoms with Crippen molar-refractivity contribution in [2.24, 2.45) is 0 Å². The normalized spacial score (nSPS) is 10.5. The van der Waals surface area contributed by atoms with Crippen LogP contribution in [0.25, 0.3) is 0 Å². The first-order valence-electron chi connectivity index (χ1n) is 10.5. The van der Waals surface area contributed by atoms with Crippen molar-refractivity contribution in [1.29, 1.82) is 0 Å². The number of nitrogens with two attached hydrogens (primary N) is 1. The van der Waals surface area contributed by atoms with Gasteiger partial charge in [0, 0.05) is 17.4 Å². The molecule has 2 heteroatoms. The lowest BCUT2D eigenvalue weighted by atomic mass is 9.97. The molecule has 0 aliphatic rings. The molecular formula is C25H40N2. The lowest BCUT2D eigenvalue weighted by Crippen LogP contribution is -2.16. The molecule has 0 fully saturated rings. The largest absolute Gasteiger partial charge is 0.398 e. The molecule has 0 aliphatic heterocycles. The minimum absolute atomic E-state index is 0.608. The molecule has 3 N–H and O–H groups in total. The van der Waals surface area contributed by atoms with Gasteiger partial charge in [0.15, 0.2) is 0 Å². The minimum Gasteiger partial charge on any atom is -0.398 e. The molecule has 0 spiro atoms. The number of hydrogen-bond acceptors (Lipinski definition) is 2. The zero-order chi connectivity index (χ0) is 20.4. The van der Waals surface area contributed by atoms with E-state index in [1.165, 1.54) is 59.2 Å². The lowest BCUT2D eigenvalue weighted by Gasteiger charge is -2.17. The smallest absolute Gasteiger partial charge is 0.0349 e. The summed E-state index contributed by atoms with van der Waals surface area (Å²) >= 11 is 0. The van der Waals surface area contributed by atoms with Crippen molar-refractivity contribution in [1.82, 2.24) is 0 Å². The summed E-state index contributed by atoms with van der Waals surface area (Å²) in [5.74, 6) is 0. The van der Waals surface area contributed by atoms with Gasteiger partial charge in [0.05, 0.1) is 0 Å². The summed E-state index contributed by atoms with van der Waals surface area (Å²) in [4.78, 5) is 0. The van der Waals surface area contributed by atoms with Gasteiger partial charge < -0.3 is 11.1 Å². The van der Waals surface area contributed by atoms with E-state index in [0.717, 1.165) is 12.1 Å². The van der Waals surface area contributed by atoms with E-state index >= 15 is 0 Å². The minimum atomic E-state index is 0.608. The third kappa shape index (κ3) is 7.28. The van der Waals surface area contributed by atoms with E-state index < -0.39 is 0 Å². The number of nitrogens with one attached hydrogen (secondary N) is 1. The van der Waals surface area contributed by atoms with Crippen molar-refractivity contribution in [2.45, 2.75) is 86.6 Å². The summed E-state index contributed by atoms with van der Waals surface area (Å²) < 4.78 is 0. The molecule has 0 radical (unpaired) electrons. The maximum Gasteiger partial charge on any atom is 0.0349 e. The van der Waals surface area contributed by atoms with Gasteiger partial charge in [-0.25, -0.2) is 0 Å². The fraction of sp³-hybridized carbons (Fsp3) is 0.520. The third-order valence-corrected chi connectivity index (χ3v) is 5.55. The van der Waals surface area contributed by atoms with Crippen LogP contribution in [0.15, 0.2) is 30.3 Å². The second-order valence-electron chi connectivity index (χ2n) is 7.64. The first kappa shape index (κ1) is 23.1. The maximum atomic E-state index is 5.93. The highest BCUT2D eigenvalue weighted by atomic mass is 14.9. The van der Waals surface area contributed by atoms with Crippen LogP contribution in [0, 0.1) is 27.7 Å². The molecule has 2 rings (SSSR count). The Hall–Kier alpha value is -1.96. The molecule has 0 bridgehead atoms. The molecular weight excluding hydrogens is 328 g/mol. The van der Waals surface area contributed by atoms with Crippen LogP contribution < -0.4 is 11.1 Å². The van der Waals surface area contributed by atoms with E-state index in [2.05, 4.69) is 78.0 Å². The monoisotopic (exact) mass is 368 g/mol. The van der Waals surface area contributed by atoms with Gasteiger partial charge >= 0.3 is 0 Å². The summed E-state index contributed by atoms with van der Waals surface area (Å²) in [7, 11) is 0. The van der Waals surface area contributed by atoms with Gasteiger partial charge in [-0.05, 0) is 99.4 Å². The van der Waals surface area contributed by atoms with E-state index in [-0.39, 0.29) is 0 Å². The molecule has 0 atom stereocenters. The predicted molar refractivity (Wildman–Crippen MR) is 123 cm³/mol. The van der Waals surface area contributed by atoms with Gasteiger partial charge in [-0.1, -0.05) is 39.3 Å². The Kier molecular flexibility index (Phi) is 9.99. The predicted octanol–water partition coefficient (Wildman–Crippen LogP) is 7.13. The van der Waals surface area contributed by atoms with Crippen LogP contribution in [0.2, 0.25) is 0 Å². The molecule has 0 aliphatic carbocycles. The average molecular weight is 369 g/mol. The van der Waals surface area contributed by atoms with Crippen molar-refractivity contribution in [3.63, 3.8) is 0 Å². The van der Waals surface area contributed by atoms with Gasteiger partial charge in [-0.3, -0.25) is 0 Å². The van der Waals surface area contributed by atoms with Crippen molar-refractivity contribution in [2.75, 3.05) is 11.1 Å². The molecule has 0 aromatic heterocycles. The Morgan fingerprint density at radius 3 is 2.04 bits per heavy atom. The number of benzene rings is 2. The van der Waals surface area contributed by atoms with Crippen LogP contribution in [-0.4, -0.2) is 6.04 Å². The number of unbranched alkanes of at least 4 members (excludes halogenated alkanes) is 1. The highest BCUT2D eigenvalue weighted by Gasteiger charge is 2.04. The topological polar surface area (TPSA) is 38.0 Å². The van der Waals surface area contributed by atoms with Crippen molar-refractivity contribution in [3.05, 3.63) is 58.1 Å². The van der Waals surface area contributed by atoms with E-state index in [1.54, 1.807) is 0 Å². The summed E-state index contributed by atoms with van der Waals surface area (Å²) in [6, 6.07) is 11.3.